The van der Waals surface area contributed by atoms with Crippen LogP contribution in [-0.4, -0.2) is 30.1 Å². The molecule has 19 heavy (non-hydrogen) atoms. The van der Waals surface area contributed by atoms with Crippen molar-refractivity contribution >= 4 is 11.3 Å². The Morgan fingerprint density at radius 3 is 3.00 bits per heavy atom. The molecule has 0 aromatic carbocycles. The van der Waals surface area contributed by atoms with Crippen molar-refractivity contribution in [1.82, 2.24) is 9.88 Å². The second-order valence-electron chi connectivity index (χ2n) is 5.62. The van der Waals surface area contributed by atoms with Crippen molar-refractivity contribution in [3.05, 3.63) is 15.6 Å². The van der Waals surface area contributed by atoms with Gasteiger partial charge < -0.3 is 10.5 Å². The van der Waals surface area contributed by atoms with Gasteiger partial charge >= 0.3 is 0 Å². The molecular weight excluding hydrogens is 258 g/mol. The van der Waals surface area contributed by atoms with E-state index < -0.39 is 0 Å². The summed E-state index contributed by atoms with van der Waals surface area (Å²) in [6.07, 6.45) is 2.66. The van der Waals surface area contributed by atoms with E-state index in [1.54, 1.807) is 18.4 Å². The number of likely N-dealkylation sites (tertiary alicyclic amines) is 1. The number of hydrogen-bond acceptors (Lipinski definition) is 5. The monoisotopic (exact) mass is 283 g/mol. The van der Waals surface area contributed by atoms with E-state index in [0.29, 0.717) is 6.61 Å². The highest BCUT2D eigenvalue weighted by Gasteiger charge is 2.20. The van der Waals surface area contributed by atoms with Gasteiger partial charge in [-0.25, -0.2) is 4.98 Å². The molecule has 108 valence electrons. The lowest BCUT2D eigenvalue weighted by atomic mass is 10.0. The standard InChI is InChI=1S/C14H25N3OS/c1-10-5-4-6-17(7-10)8-13-16-12(9-18-3)14(19-13)11(2)15/h10-11H,4-9,15H2,1-3H3. The Morgan fingerprint density at radius 1 is 1.58 bits per heavy atom. The van der Waals surface area contributed by atoms with Gasteiger partial charge in [0.1, 0.15) is 5.01 Å². The maximum absolute atomic E-state index is 6.01. The number of piperidine rings is 1. The second-order valence-corrected chi connectivity index (χ2v) is 6.74. The Hall–Kier alpha value is -0.490. The number of nitrogens with two attached hydrogens (primary N) is 1. The number of ether oxygens (including phenoxy) is 1. The Kier molecular flexibility index (Phi) is 5.33. The average molecular weight is 283 g/mol. The fourth-order valence-electron chi connectivity index (χ4n) is 2.70. The average Bonchev–Trinajstić information content (AvgIpc) is 2.73. The fourth-order valence-corrected chi connectivity index (χ4v) is 3.76. The van der Waals surface area contributed by atoms with E-state index in [9.17, 15) is 0 Å². The molecule has 1 aliphatic rings. The van der Waals surface area contributed by atoms with Crippen LogP contribution in [0, 0.1) is 5.92 Å². The van der Waals surface area contributed by atoms with E-state index in [-0.39, 0.29) is 6.04 Å². The van der Waals surface area contributed by atoms with Crippen LogP contribution in [-0.2, 0) is 17.9 Å². The lowest BCUT2D eigenvalue weighted by Gasteiger charge is -2.29. The third kappa shape index (κ3) is 3.99. The van der Waals surface area contributed by atoms with Crippen LogP contribution < -0.4 is 5.73 Å². The van der Waals surface area contributed by atoms with Crippen LogP contribution in [0.15, 0.2) is 0 Å². The first-order valence-corrected chi connectivity index (χ1v) is 7.87. The van der Waals surface area contributed by atoms with Gasteiger partial charge in [-0.15, -0.1) is 11.3 Å². The topological polar surface area (TPSA) is 51.4 Å². The smallest absolute Gasteiger partial charge is 0.107 e. The molecule has 5 heteroatoms. The van der Waals surface area contributed by atoms with Crippen LogP contribution in [0.4, 0.5) is 0 Å². The Morgan fingerprint density at radius 2 is 2.37 bits per heavy atom. The molecule has 1 fully saturated rings. The van der Waals surface area contributed by atoms with E-state index in [4.69, 9.17) is 15.5 Å². The van der Waals surface area contributed by atoms with Gasteiger partial charge in [0.15, 0.2) is 0 Å². The predicted octanol–water partition coefficient (Wildman–Crippen LogP) is 2.54. The summed E-state index contributed by atoms with van der Waals surface area (Å²) in [6, 6.07) is 0.0386. The molecule has 2 N–H and O–H groups in total. The summed E-state index contributed by atoms with van der Waals surface area (Å²) < 4.78 is 5.21. The zero-order chi connectivity index (χ0) is 13.8. The van der Waals surface area contributed by atoms with Crippen molar-refractivity contribution in [2.75, 3.05) is 20.2 Å². The van der Waals surface area contributed by atoms with E-state index in [1.165, 1.54) is 35.8 Å². The van der Waals surface area contributed by atoms with Crippen LogP contribution >= 0.6 is 11.3 Å². The fraction of sp³-hybridized carbons (Fsp3) is 0.786. The van der Waals surface area contributed by atoms with Crippen LogP contribution in [0.2, 0.25) is 0 Å². The zero-order valence-corrected chi connectivity index (χ0v) is 13.0. The number of rotatable bonds is 5. The second kappa shape index (κ2) is 6.79. The summed E-state index contributed by atoms with van der Waals surface area (Å²) in [6.45, 7) is 8.24. The lowest BCUT2D eigenvalue weighted by molar-refractivity contribution is 0.173. The van der Waals surface area contributed by atoms with Crippen molar-refractivity contribution < 1.29 is 4.74 Å². The molecule has 0 aliphatic carbocycles. The van der Waals surface area contributed by atoms with Crippen molar-refractivity contribution in [1.29, 1.82) is 0 Å². The molecule has 2 unspecified atom stereocenters. The third-order valence-corrected chi connectivity index (χ3v) is 4.85. The molecule has 2 heterocycles. The maximum Gasteiger partial charge on any atom is 0.107 e. The van der Waals surface area contributed by atoms with Crippen molar-refractivity contribution in [3.8, 4) is 0 Å². The van der Waals surface area contributed by atoms with Gasteiger partial charge in [0.2, 0.25) is 0 Å². The molecule has 2 atom stereocenters. The zero-order valence-electron chi connectivity index (χ0n) is 12.2. The van der Waals surface area contributed by atoms with Gasteiger partial charge in [-0.1, -0.05) is 6.92 Å². The molecule has 0 bridgehead atoms. The minimum absolute atomic E-state index is 0.0386. The van der Waals surface area contributed by atoms with Gasteiger partial charge in [-0.2, -0.15) is 0 Å². The summed E-state index contributed by atoms with van der Waals surface area (Å²) in [4.78, 5) is 8.39. The number of aromatic nitrogens is 1. The molecule has 1 saturated heterocycles. The molecule has 0 radical (unpaired) electrons. The molecule has 2 rings (SSSR count). The van der Waals surface area contributed by atoms with Gasteiger partial charge in [-0.05, 0) is 32.2 Å². The SMILES string of the molecule is COCc1nc(CN2CCCC(C)C2)sc1C(C)N. The number of methoxy groups -OCH3 is 1. The summed E-state index contributed by atoms with van der Waals surface area (Å²) in [5, 5.41) is 1.17. The van der Waals surface area contributed by atoms with Gasteiger partial charge in [0.05, 0.1) is 18.8 Å². The number of thiazole rings is 1. The van der Waals surface area contributed by atoms with Crippen molar-refractivity contribution in [2.45, 2.75) is 45.9 Å². The van der Waals surface area contributed by atoms with E-state index >= 15 is 0 Å². The van der Waals surface area contributed by atoms with Crippen LogP contribution in [0.3, 0.4) is 0 Å². The first-order valence-electron chi connectivity index (χ1n) is 7.05. The molecule has 0 saturated carbocycles. The number of nitrogens with zero attached hydrogens (tertiary/aromatic N) is 2. The largest absolute Gasteiger partial charge is 0.378 e. The van der Waals surface area contributed by atoms with Crippen molar-refractivity contribution in [3.63, 3.8) is 0 Å². The molecule has 1 aromatic heterocycles. The van der Waals surface area contributed by atoms with E-state index in [0.717, 1.165) is 18.2 Å². The quantitative estimate of drug-likeness (QED) is 0.902. The summed E-state index contributed by atoms with van der Waals surface area (Å²) in [5.74, 6) is 0.806. The minimum atomic E-state index is 0.0386. The van der Waals surface area contributed by atoms with Gasteiger partial charge in [0, 0.05) is 24.6 Å². The molecule has 4 nitrogen and oxygen atoms in total. The van der Waals surface area contributed by atoms with Crippen LogP contribution in [0.25, 0.3) is 0 Å². The van der Waals surface area contributed by atoms with Crippen LogP contribution in [0.5, 0.6) is 0 Å². The molecule has 1 aromatic rings. The van der Waals surface area contributed by atoms with Gasteiger partial charge in [-0.3, -0.25) is 4.90 Å². The molecule has 0 amide bonds. The maximum atomic E-state index is 6.01. The highest BCUT2D eigenvalue weighted by Crippen LogP contribution is 2.27. The Labute approximate surface area is 120 Å². The molecular formula is C14H25N3OS. The summed E-state index contributed by atoms with van der Waals surface area (Å²) in [5.41, 5.74) is 7.03. The summed E-state index contributed by atoms with van der Waals surface area (Å²) >= 11 is 1.74. The Balaban J connectivity index is 2.05. The minimum Gasteiger partial charge on any atom is -0.378 e. The highest BCUT2D eigenvalue weighted by atomic mass is 32.1. The third-order valence-electron chi connectivity index (χ3n) is 3.57. The highest BCUT2D eigenvalue weighted by molar-refractivity contribution is 7.11. The lowest BCUT2D eigenvalue weighted by Crippen LogP contribution is -2.33. The summed E-state index contributed by atoms with van der Waals surface area (Å²) in [7, 11) is 1.70. The van der Waals surface area contributed by atoms with Crippen molar-refractivity contribution in [2.24, 2.45) is 11.7 Å². The van der Waals surface area contributed by atoms with E-state index in [2.05, 4.69) is 11.8 Å². The first-order chi connectivity index (χ1) is 9.10. The number of hydrogen-bond donors (Lipinski definition) is 1. The van der Waals surface area contributed by atoms with Gasteiger partial charge in [0.25, 0.3) is 0 Å². The normalized spacial score (nSPS) is 22.6. The Bertz CT molecular complexity index is 405. The molecule has 1 aliphatic heterocycles. The molecule has 0 spiro atoms. The first kappa shape index (κ1) is 14.9. The predicted molar refractivity (Wildman–Crippen MR) is 79.1 cm³/mol. The van der Waals surface area contributed by atoms with Crippen LogP contribution in [0.1, 0.15) is 48.3 Å². The van der Waals surface area contributed by atoms with E-state index in [1.807, 2.05) is 6.92 Å².